The van der Waals surface area contributed by atoms with Gasteiger partial charge in [-0.1, -0.05) is 17.3 Å². The number of ketones is 1. The Morgan fingerprint density at radius 2 is 1.78 bits per heavy atom. The van der Waals surface area contributed by atoms with E-state index < -0.39 is 53.4 Å². The third-order valence-corrected chi connectivity index (χ3v) is 5.68. The van der Waals surface area contributed by atoms with E-state index in [1.54, 1.807) is 51.2 Å². The number of unbranched alkanes of at least 4 members (excludes halogenated alkanes) is 1. The maximum atomic E-state index is 14.0. The molecule has 0 unspecified atom stereocenters. The fourth-order valence-corrected chi connectivity index (χ4v) is 3.71. The first-order valence-electron chi connectivity index (χ1n) is 13.1. The SMILES string of the molecule is CC(C)(C)OC(=O)NCCCC[C@@H](NC(=O)c1cccc(-n2cc(CN)nn2)c1)C(=O)COc1c(F)cccc1F. The lowest BCUT2D eigenvalue weighted by Crippen LogP contribution is -2.43. The summed E-state index contributed by atoms with van der Waals surface area (Å²) in [6, 6.07) is 8.69. The highest BCUT2D eigenvalue weighted by Crippen LogP contribution is 2.21. The topological polar surface area (TPSA) is 150 Å². The normalized spacial score (nSPS) is 12.0. The van der Waals surface area contributed by atoms with Gasteiger partial charge in [0.25, 0.3) is 5.91 Å². The van der Waals surface area contributed by atoms with Gasteiger partial charge < -0.3 is 25.8 Å². The van der Waals surface area contributed by atoms with Crippen LogP contribution in [0.15, 0.2) is 48.7 Å². The number of halogens is 2. The predicted octanol–water partition coefficient (Wildman–Crippen LogP) is 3.45. The molecule has 0 aliphatic rings. The zero-order chi connectivity index (χ0) is 30.0. The first kappa shape index (κ1) is 31.1. The minimum Gasteiger partial charge on any atom is -0.480 e. The molecule has 0 aliphatic heterocycles. The molecule has 11 nitrogen and oxygen atoms in total. The third kappa shape index (κ3) is 9.64. The molecule has 0 aliphatic carbocycles. The smallest absolute Gasteiger partial charge is 0.407 e. The monoisotopic (exact) mass is 572 g/mol. The molecule has 0 spiro atoms. The number of ether oxygens (including phenoxy) is 2. The van der Waals surface area contributed by atoms with Gasteiger partial charge >= 0.3 is 6.09 Å². The molecule has 0 radical (unpaired) electrons. The number of hydrogen-bond acceptors (Lipinski definition) is 8. The zero-order valence-electron chi connectivity index (χ0n) is 23.2. The maximum absolute atomic E-state index is 14.0. The second-order valence-corrected chi connectivity index (χ2v) is 10.2. The van der Waals surface area contributed by atoms with Gasteiger partial charge in [0.2, 0.25) is 0 Å². The van der Waals surface area contributed by atoms with Gasteiger partial charge in [0.1, 0.15) is 12.2 Å². The molecule has 1 atom stereocenters. The fourth-order valence-electron chi connectivity index (χ4n) is 3.71. The number of carbonyl (C=O) groups excluding carboxylic acids is 3. The van der Waals surface area contributed by atoms with Crippen LogP contribution < -0.4 is 21.1 Å². The summed E-state index contributed by atoms with van der Waals surface area (Å²) >= 11 is 0. The van der Waals surface area contributed by atoms with Gasteiger partial charge in [-0.05, 0) is 70.4 Å². The first-order chi connectivity index (χ1) is 19.5. The van der Waals surface area contributed by atoms with Crippen LogP contribution in [0.4, 0.5) is 13.6 Å². The Balaban J connectivity index is 1.66. The Labute approximate surface area is 236 Å². The molecule has 0 bridgehead atoms. The van der Waals surface area contributed by atoms with E-state index in [-0.39, 0.29) is 25.1 Å². The number of nitrogens with two attached hydrogens (primary N) is 1. The number of carbonyl (C=O) groups is 3. The van der Waals surface area contributed by atoms with E-state index in [4.69, 9.17) is 15.2 Å². The molecular formula is C28H34F2N6O5. The average Bonchev–Trinajstić information content (AvgIpc) is 3.40. The number of amides is 2. The summed E-state index contributed by atoms with van der Waals surface area (Å²) in [7, 11) is 0. The molecular weight excluding hydrogens is 538 g/mol. The Morgan fingerprint density at radius 3 is 2.44 bits per heavy atom. The average molecular weight is 573 g/mol. The molecule has 2 aromatic carbocycles. The Bertz CT molecular complexity index is 1340. The summed E-state index contributed by atoms with van der Waals surface area (Å²) in [6.45, 7) is 5.07. The van der Waals surface area contributed by atoms with Crippen molar-refractivity contribution in [2.24, 2.45) is 5.73 Å². The van der Waals surface area contributed by atoms with E-state index in [2.05, 4.69) is 20.9 Å². The van der Waals surface area contributed by atoms with Crippen molar-refractivity contribution in [3.05, 3.63) is 71.6 Å². The molecule has 2 amide bonds. The van der Waals surface area contributed by atoms with Crippen molar-refractivity contribution in [2.45, 2.75) is 58.2 Å². The van der Waals surface area contributed by atoms with Gasteiger partial charge in [-0.2, -0.15) is 0 Å². The predicted molar refractivity (Wildman–Crippen MR) is 145 cm³/mol. The van der Waals surface area contributed by atoms with Gasteiger partial charge in [-0.3, -0.25) is 9.59 Å². The number of Topliss-reactive ketones (excluding diaryl/α,β-unsaturated/α-hetero) is 1. The second-order valence-electron chi connectivity index (χ2n) is 10.2. The third-order valence-electron chi connectivity index (χ3n) is 5.68. The van der Waals surface area contributed by atoms with Crippen LogP contribution in [0, 0.1) is 11.6 Å². The standard InChI is InChI=1S/C28H34F2N6O5/c1-28(2,3)41-27(39)32-13-5-4-12-23(24(37)17-40-25-21(29)10-7-11-22(25)30)33-26(38)18-8-6-9-20(14-18)36-16-19(15-31)34-35-36/h6-11,14,16,23H,4-5,12-13,15,17,31H2,1-3H3,(H,32,39)(H,33,38)/t23-/m1/s1. The molecule has 3 rings (SSSR count). The molecule has 0 fully saturated rings. The summed E-state index contributed by atoms with van der Waals surface area (Å²) in [5.41, 5.74) is 6.32. The maximum Gasteiger partial charge on any atom is 0.407 e. The lowest BCUT2D eigenvalue weighted by atomic mass is 10.0. The van der Waals surface area contributed by atoms with Crippen molar-refractivity contribution in [1.29, 1.82) is 0 Å². The number of hydrogen-bond donors (Lipinski definition) is 3. The van der Waals surface area contributed by atoms with Crippen molar-refractivity contribution in [3.63, 3.8) is 0 Å². The van der Waals surface area contributed by atoms with Gasteiger partial charge in [-0.15, -0.1) is 5.10 Å². The van der Waals surface area contributed by atoms with E-state index in [1.807, 2.05) is 0 Å². The van der Waals surface area contributed by atoms with E-state index in [1.165, 1.54) is 10.7 Å². The molecule has 220 valence electrons. The van der Waals surface area contributed by atoms with Crippen molar-refractivity contribution in [2.75, 3.05) is 13.2 Å². The molecule has 3 aromatic rings. The number of benzene rings is 2. The number of alkyl carbamates (subject to hydrolysis) is 1. The highest BCUT2D eigenvalue weighted by molar-refractivity contribution is 5.98. The van der Waals surface area contributed by atoms with Gasteiger partial charge in [0, 0.05) is 18.7 Å². The van der Waals surface area contributed by atoms with Crippen LogP contribution in [0.1, 0.15) is 56.1 Å². The van der Waals surface area contributed by atoms with Crippen molar-refractivity contribution >= 4 is 17.8 Å². The molecule has 1 aromatic heterocycles. The van der Waals surface area contributed by atoms with Gasteiger partial charge in [0.15, 0.2) is 23.2 Å². The van der Waals surface area contributed by atoms with Crippen LogP contribution in [0.25, 0.3) is 5.69 Å². The lowest BCUT2D eigenvalue weighted by Gasteiger charge is -2.20. The summed E-state index contributed by atoms with van der Waals surface area (Å²) in [5, 5.41) is 13.2. The first-order valence-corrected chi connectivity index (χ1v) is 13.1. The molecule has 41 heavy (non-hydrogen) atoms. The van der Waals surface area contributed by atoms with E-state index in [0.29, 0.717) is 24.2 Å². The zero-order valence-corrected chi connectivity index (χ0v) is 23.2. The van der Waals surface area contributed by atoms with E-state index in [9.17, 15) is 23.2 Å². The summed E-state index contributed by atoms with van der Waals surface area (Å²) in [5.74, 6) is -3.71. The Kier molecular flexibility index (Phi) is 10.9. The molecule has 13 heteroatoms. The van der Waals surface area contributed by atoms with Crippen LogP contribution >= 0.6 is 0 Å². The number of rotatable bonds is 13. The number of aromatic nitrogens is 3. The Hall–Kier alpha value is -4.39. The van der Waals surface area contributed by atoms with Crippen LogP contribution in [0.3, 0.4) is 0 Å². The highest BCUT2D eigenvalue weighted by Gasteiger charge is 2.23. The summed E-state index contributed by atoms with van der Waals surface area (Å²) < 4.78 is 39.8. The van der Waals surface area contributed by atoms with Crippen LogP contribution in [-0.4, -0.2) is 57.6 Å². The fraction of sp³-hybridized carbons (Fsp3) is 0.393. The molecule has 0 saturated carbocycles. The molecule has 0 saturated heterocycles. The molecule has 1 heterocycles. The number of para-hydroxylation sites is 1. The van der Waals surface area contributed by atoms with Crippen LogP contribution in [0.5, 0.6) is 5.75 Å². The minimum atomic E-state index is -1.03. The van der Waals surface area contributed by atoms with E-state index in [0.717, 1.165) is 12.1 Å². The van der Waals surface area contributed by atoms with Crippen LogP contribution in [0.2, 0.25) is 0 Å². The van der Waals surface area contributed by atoms with Gasteiger partial charge in [-0.25, -0.2) is 18.3 Å². The molecule has 4 N–H and O–H groups in total. The quantitative estimate of drug-likeness (QED) is 0.264. The minimum absolute atomic E-state index is 0.187. The number of nitrogens with one attached hydrogen (secondary N) is 2. The van der Waals surface area contributed by atoms with Gasteiger partial charge in [0.05, 0.1) is 23.6 Å². The van der Waals surface area contributed by atoms with Crippen molar-refractivity contribution in [3.8, 4) is 11.4 Å². The largest absolute Gasteiger partial charge is 0.480 e. The number of nitrogens with zero attached hydrogens (tertiary/aromatic N) is 3. The second kappa shape index (κ2) is 14.3. The lowest BCUT2D eigenvalue weighted by molar-refractivity contribution is -0.123. The summed E-state index contributed by atoms with van der Waals surface area (Å²) in [4.78, 5) is 38.0. The summed E-state index contributed by atoms with van der Waals surface area (Å²) in [6.07, 6.45) is 2.17. The van der Waals surface area contributed by atoms with Crippen molar-refractivity contribution in [1.82, 2.24) is 25.6 Å². The van der Waals surface area contributed by atoms with Crippen LogP contribution in [-0.2, 0) is 16.1 Å². The van der Waals surface area contributed by atoms with Crippen molar-refractivity contribution < 1.29 is 32.6 Å². The van der Waals surface area contributed by atoms with E-state index >= 15 is 0 Å². The Morgan fingerprint density at radius 1 is 1.07 bits per heavy atom. The highest BCUT2D eigenvalue weighted by atomic mass is 19.1.